The van der Waals surface area contributed by atoms with E-state index in [1.807, 2.05) is 71.0 Å². The number of furan rings is 1. The first kappa shape index (κ1) is 26.4. The van der Waals surface area contributed by atoms with Gasteiger partial charge in [-0.2, -0.15) is 0 Å². The second kappa shape index (κ2) is 11.3. The number of piperidine rings is 1. The fourth-order valence-electron chi connectivity index (χ4n) is 6.29. The van der Waals surface area contributed by atoms with Gasteiger partial charge >= 0.3 is 5.69 Å². The van der Waals surface area contributed by atoms with Gasteiger partial charge in [0, 0.05) is 55.1 Å². The summed E-state index contributed by atoms with van der Waals surface area (Å²) in [5, 5.41) is 10.6. The zero-order valence-electron chi connectivity index (χ0n) is 22.6. The quantitative estimate of drug-likeness (QED) is 0.333. The van der Waals surface area contributed by atoms with Gasteiger partial charge in [-0.15, -0.1) is 0 Å². The fraction of sp³-hybridized carbons (Fsp3) is 0.419. The lowest BCUT2D eigenvalue weighted by molar-refractivity contribution is -0.170. The SMILES string of the molecule is CCO[C@H]1OC(C(=O)N2CCC(n3c(=O)[nH]c4ccccc43)CC2)=C[C@@H](c2coc3ccccc23)[C@H]1CCCO. The van der Waals surface area contributed by atoms with Crippen molar-refractivity contribution in [3.8, 4) is 0 Å². The maximum absolute atomic E-state index is 13.8. The number of rotatable bonds is 8. The number of likely N-dealkylation sites (tertiary alicyclic amines) is 1. The van der Waals surface area contributed by atoms with Gasteiger partial charge in [0.05, 0.1) is 17.3 Å². The summed E-state index contributed by atoms with van der Waals surface area (Å²) in [6.45, 7) is 3.45. The fourth-order valence-corrected chi connectivity index (χ4v) is 6.29. The van der Waals surface area contributed by atoms with Crippen molar-refractivity contribution >= 4 is 27.9 Å². The number of aliphatic hydroxyl groups excluding tert-OH is 1. The summed E-state index contributed by atoms with van der Waals surface area (Å²) < 4.78 is 20.0. The van der Waals surface area contributed by atoms with Crippen LogP contribution in [-0.4, -0.2) is 58.1 Å². The summed E-state index contributed by atoms with van der Waals surface area (Å²) in [5.41, 5.74) is 3.36. The van der Waals surface area contributed by atoms with Crippen LogP contribution in [0.15, 0.2) is 75.8 Å². The molecule has 9 nitrogen and oxygen atoms in total. The first-order valence-corrected chi connectivity index (χ1v) is 14.1. The van der Waals surface area contributed by atoms with E-state index in [2.05, 4.69) is 4.98 Å². The Bertz CT molecular complexity index is 1570. The van der Waals surface area contributed by atoms with E-state index in [9.17, 15) is 14.7 Å². The molecule has 0 aliphatic carbocycles. The number of aromatic nitrogens is 2. The van der Waals surface area contributed by atoms with Crippen molar-refractivity contribution < 1.29 is 23.8 Å². The molecule has 0 radical (unpaired) electrons. The third-order valence-corrected chi connectivity index (χ3v) is 8.23. The van der Waals surface area contributed by atoms with Crippen LogP contribution in [-0.2, 0) is 14.3 Å². The number of carbonyl (C=O) groups is 1. The highest BCUT2D eigenvalue weighted by molar-refractivity contribution is 5.92. The molecule has 2 N–H and O–H groups in total. The molecular formula is C31H35N3O6. The van der Waals surface area contributed by atoms with Crippen LogP contribution in [0.5, 0.6) is 0 Å². The van der Waals surface area contributed by atoms with E-state index in [1.165, 1.54) is 0 Å². The Kier molecular flexibility index (Phi) is 7.49. The third-order valence-electron chi connectivity index (χ3n) is 8.23. The Hall–Kier alpha value is -3.82. The minimum Gasteiger partial charge on any atom is -0.464 e. The lowest BCUT2D eigenvalue weighted by atomic mass is 9.80. The molecule has 3 atom stereocenters. The van der Waals surface area contributed by atoms with Gasteiger partial charge in [0.15, 0.2) is 5.76 Å². The highest BCUT2D eigenvalue weighted by atomic mass is 16.7. The summed E-state index contributed by atoms with van der Waals surface area (Å²) >= 11 is 0. The Balaban J connectivity index is 1.26. The Labute approximate surface area is 232 Å². The minimum atomic E-state index is -0.624. The minimum absolute atomic E-state index is 0.0121. The van der Waals surface area contributed by atoms with Crippen LogP contribution < -0.4 is 5.69 Å². The number of ether oxygens (including phenoxy) is 2. The molecule has 4 aromatic rings. The van der Waals surface area contributed by atoms with Crippen molar-refractivity contribution in [1.29, 1.82) is 0 Å². The van der Waals surface area contributed by atoms with Gasteiger partial charge in [-0.05, 0) is 56.9 Å². The summed E-state index contributed by atoms with van der Waals surface area (Å²) in [6, 6.07) is 15.6. The predicted molar refractivity (Wildman–Crippen MR) is 151 cm³/mol. The summed E-state index contributed by atoms with van der Waals surface area (Å²) in [5.74, 6) is -0.171. The number of carbonyl (C=O) groups excluding carboxylic acids is 1. The van der Waals surface area contributed by atoms with E-state index in [4.69, 9.17) is 13.9 Å². The summed E-state index contributed by atoms with van der Waals surface area (Å²) in [7, 11) is 0. The van der Waals surface area contributed by atoms with Crippen molar-refractivity contribution in [3.05, 3.63) is 82.7 Å². The van der Waals surface area contributed by atoms with Crippen LogP contribution in [0, 0.1) is 5.92 Å². The average Bonchev–Trinajstić information content (AvgIpc) is 3.56. The molecule has 0 spiro atoms. The maximum atomic E-state index is 13.8. The van der Waals surface area contributed by atoms with Gasteiger partial charge in [-0.1, -0.05) is 30.3 Å². The number of hydrogen-bond acceptors (Lipinski definition) is 6. The second-order valence-corrected chi connectivity index (χ2v) is 10.6. The van der Waals surface area contributed by atoms with Gasteiger partial charge < -0.3 is 28.9 Å². The molecule has 0 unspecified atom stereocenters. The van der Waals surface area contributed by atoms with Gasteiger partial charge in [0.2, 0.25) is 6.29 Å². The predicted octanol–water partition coefficient (Wildman–Crippen LogP) is 4.69. The largest absolute Gasteiger partial charge is 0.464 e. The third kappa shape index (κ3) is 4.84. The molecule has 1 amide bonds. The molecule has 0 bridgehead atoms. The van der Waals surface area contributed by atoms with E-state index in [-0.39, 0.29) is 41.8 Å². The van der Waals surface area contributed by atoms with E-state index in [1.54, 1.807) is 6.26 Å². The van der Waals surface area contributed by atoms with Crippen LogP contribution in [0.4, 0.5) is 0 Å². The zero-order chi connectivity index (χ0) is 27.6. The van der Waals surface area contributed by atoms with Gasteiger partial charge in [-0.25, -0.2) is 4.79 Å². The van der Waals surface area contributed by atoms with Crippen LogP contribution in [0.2, 0.25) is 0 Å². The number of aromatic amines is 1. The highest BCUT2D eigenvalue weighted by Gasteiger charge is 2.40. The Morgan fingerprint density at radius 3 is 2.70 bits per heavy atom. The van der Waals surface area contributed by atoms with Crippen LogP contribution in [0.1, 0.15) is 50.1 Å². The smallest absolute Gasteiger partial charge is 0.326 e. The van der Waals surface area contributed by atoms with Crippen molar-refractivity contribution in [2.45, 2.75) is 50.9 Å². The molecule has 1 fully saturated rings. The molecule has 2 aliphatic heterocycles. The molecular weight excluding hydrogens is 510 g/mol. The lowest BCUT2D eigenvalue weighted by Crippen LogP contribution is -2.44. The number of fused-ring (bicyclic) bond motifs is 2. The summed E-state index contributed by atoms with van der Waals surface area (Å²) in [4.78, 5) is 31.3. The normalized spacial score (nSPS) is 22.0. The number of para-hydroxylation sites is 3. The Morgan fingerprint density at radius 1 is 1.12 bits per heavy atom. The molecule has 210 valence electrons. The number of hydrogen-bond donors (Lipinski definition) is 2. The number of nitrogens with zero attached hydrogens (tertiary/aromatic N) is 2. The van der Waals surface area contributed by atoms with Crippen molar-refractivity contribution in [3.63, 3.8) is 0 Å². The van der Waals surface area contributed by atoms with Gasteiger partial charge in [-0.3, -0.25) is 9.36 Å². The molecule has 2 aromatic carbocycles. The van der Waals surface area contributed by atoms with E-state index < -0.39 is 6.29 Å². The Morgan fingerprint density at radius 2 is 1.90 bits per heavy atom. The number of benzene rings is 2. The van der Waals surface area contributed by atoms with Crippen molar-refractivity contribution in [2.24, 2.45) is 5.92 Å². The van der Waals surface area contributed by atoms with Crippen molar-refractivity contribution in [1.82, 2.24) is 14.5 Å². The second-order valence-electron chi connectivity index (χ2n) is 10.6. The lowest BCUT2D eigenvalue weighted by Gasteiger charge is -2.39. The first-order chi connectivity index (χ1) is 19.6. The zero-order valence-corrected chi connectivity index (χ0v) is 22.6. The standard InChI is InChI=1S/C31H35N3O6/c1-2-38-30-22(9-7-17-35)23(24-19-39-27-12-6-3-8-21(24)27)18-28(40-30)29(36)33-15-13-20(14-16-33)34-26-11-5-4-10-25(26)32-31(34)37/h3-6,8,10-12,18-20,22-23,30,35H,2,7,9,13-17H2,1H3,(H,32,37)/t22-,23-,30+/m1/s1. The summed E-state index contributed by atoms with van der Waals surface area (Å²) in [6.07, 6.45) is 5.67. The van der Waals surface area contributed by atoms with Gasteiger partial charge in [0.25, 0.3) is 5.91 Å². The van der Waals surface area contributed by atoms with E-state index >= 15 is 0 Å². The number of amides is 1. The number of H-pyrrole nitrogens is 1. The number of imidazole rings is 1. The molecule has 2 aromatic heterocycles. The molecule has 4 heterocycles. The van der Waals surface area contributed by atoms with Crippen LogP contribution in [0.3, 0.4) is 0 Å². The van der Waals surface area contributed by atoms with Crippen LogP contribution in [0.25, 0.3) is 22.0 Å². The highest BCUT2D eigenvalue weighted by Crippen LogP contribution is 2.43. The van der Waals surface area contributed by atoms with Gasteiger partial charge in [0.1, 0.15) is 5.58 Å². The first-order valence-electron chi connectivity index (χ1n) is 14.1. The molecule has 0 saturated carbocycles. The number of allylic oxidation sites excluding steroid dienone is 1. The monoisotopic (exact) mass is 545 g/mol. The topological polar surface area (TPSA) is 110 Å². The number of nitrogens with one attached hydrogen (secondary N) is 1. The molecule has 6 rings (SSSR count). The average molecular weight is 546 g/mol. The van der Waals surface area contributed by atoms with E-state index in [0.29, 0.717) is 45.4 Å². The maximum Gasteiger partial charge on any atom is 0.326 e. The molecule has 2 aliphatic rings. The number of aliphatic hydroxyl groups is 1. The molecule has 1 saturated heterocycles. The molecule has 9 heteroatoms. The molecule has 40 heavy (non-hydrogen) atoms. The van der Waals surface area contributed by atoms with Crippen LogP contribution >= 0.6 is 0 Å². The van der Waals surface area contributed by atoms with E-state index in [0.717, 1.165) is 27.6 Å². The van der Waals surface area contributed by atoms with Crippen molar-refractivity contribution in [2.75, 3.05) is 26.3 Å².